The number of carboxylic acid groups (broad SMARTS) is 1. The number of pyridine rings is 1. The summed E-state index contributed by atoms with van der Waals surface area (Å²) < 4.78 is 1.62. The molecule has 0 fully saturated rings. The number of nitrogens with zero attached hydrogens (tertiary/aromatic N) is 1. The molecule has 4 nitrogen and oxygen atoms in total. The van der Waals surface area contributed by atoms with E-state index in [0.717, 1.165) is 5.69 Å². The number of aliphatic carboxylic acids is 1. The zero-order chi connectivity index (χ0) is 11.2. The van der Waals surface area contributed by atoms with Crippen LogP contribution in [0.5, 0.6) is 5.75 Å². The zero-order valence-corrected chi connectivity index (χ0v) is 9.25. The molecule has 1 aromatic heterocycles. The van der Waals surface area contributed by atoms with E-state index in [-0.39, 0.29) is 11.0 Å². The lowest BCUT2D eigenvalue weighted by Crippen LogP contribution is -2.47. The van der Waals surface area contributed by atoms with Gasteiger partial charge in [-0.05, 0) is 24.4 Å². The van der Waals surface area contributed by atoms with E-state index in [9.17, 15) is 9.90 Å². The Kier molecular flexibility index (Phi) is 2.34. The van der Waals surface area contributed by atoms with Crippen molar-refractivity contribution >= 4 is 17.7 Å². The zero-order valence-electron chi connectivity index (χ0n) is 8.43. The molecule has 2 heterocycles. The van der Waals surface area contributed by atoms with Crippen molar-refractivity contribution in [1.82, 2.24) is 0 Å². The van der Waals surface area contributed by atoms with Gasteiger partial charge in [-0.2, -0.15) is 4.57 Å². The van der Waals surface area contributed by atoms with Crippen molar-refractivity contribution in [3.63, 3.8) is 0 Å². The minimum atomic E-state index is -0.882. The van der Waals surface area contributed by atoms with Crippen molar-refractivity contribution in [2.45, 2.75) is 30.2 Å². The van der Waals surface area contributed by atoms with E-state index in [2.05, 4.69) is 0 Å². The normalized spacial score (nSPS) is 23.9. The summed E-state index contributed by atoms with van der Waals surface area (Å²) in [5.41, 5.74) is 0.814. The predicted molar refractivity (Wildman–Crippen MR) is 52.8 cm³/mol. The first kappa shape index (κ1) is 10.3. The highest BCUT2D eigenvalue weighted by Gasteiger charge is 2.44. The first-order valence-electron chi connectivity index (χ1n) is 4.64. The number of carbonyl (C=O) groups is 1. The fourth-order valence-corrected chi connectivity index (χ4v) is 3.12. The van der Waals surface area contributed by atoms with Gasteiger partial charge in [0, 0.05) is 13.0 Å². The number of thioether (sulfide) groups is 1. The molecule has 0 aliphatic carbocycles. The third-order valence-electron chi connectivity index (χ3n) is 2.56. The number of hydrogen-bond donors (Lipinski definition) is 1. The minimum absolute atomic E-state index is 0.0961. The molecule has 2 atom stereocenters. The molecule has 5 heteroatoms. The van der Waals surface area contributed by atoms with Crippen LogP contribution in [0.3, 0.4) is 0 Å². The maximum atomic E-state index is 11.5. The van der Waals surface area contributed by atoms with Crippen LogP contribution in [0, 0.1) is 6.92 Å². The Morgan fingerprint density at radius 1 is 1.60 bits per heavy atom. The first-order chi connectivity index (χ1) is 7.02. The molecule has 15 heavy (non-hydrogen) atoms. The Hall–Kier alpha value is -1.23. The van der Waals surface area contributed by atoms with E-state index in [1.165, 1.54) is 17.8 Å². The quantitative estimate of drug-likeness (QED) is 0.706. The topological polar surface area (TPSA) is 64.2 Å². The molecular weight excluding hydrogens is 214 g/mol. The molecule has 0 amide bonds. The Morgan fingerprint density at radius 3 is 2.87 bits per heavy atom. The van der Waals surface area contributed by atoms with Crippen molar-refractivity contribution in [3.8, 4) is 5.75 Å². The van der Waals surface area contributed by atoms with Crippen molar-refractivity contribution in [2.24, 2.45) is 0 Å². The largest absolute Gasteiger partial charge is 0.868 e. The molecular formula is C10H11NO3S. The fraction of sp³-hybridized carbons (Fsp3) is 0.400. The van der Waals surface area contributed by atoms with Gasteiger partial charge in [0.1, 0.15) is 0 Å². The van der Waals surface area contributed by atoms with E-state index in [0.29, 0.717) is 5.03 Å². The van der Waals surface area contributed by atoms with Gasteiger partial charge >= 0.3 is 5.97 Å². The molecule has 1 aliphatic heterocycles. The highest BCUT2D eigenvalue weighted by atomic mass is 32.2. The second-order valence-corrected chi connectivity index (χ2v) is 4.99. The van der Waals surface area contributed by atoms with Crippen LogP contribution >= 0.6 is 11.8 Å². The minimum Gasteiger partial charge on any atom is -0.868 e. The molecule has 0 radical (unpaired) electrons. The van der Waals surface area contributed by atoms with Gasteiger partial charge in [-0.1, -0.05) is 6.07 Å². The summed E-state index contributed by atoms with van der Waals surface area (Å²) in [4.78, 5) is 11.1. The average molecular weight is 225 g/mol. The third-order valence-corrected chi connectivity index (χ3v) is 3.81. The lowest BCUT2D eigenvalue weighted by atomic mass is 10.2. The second-order valence-electron chi connectivity index (χ2n) is 3.62. The van der Waals surface area contributed by atoms with Crippen LogP contribution in [-0.2, 0) is 4.79 Å². The van der Waals surface area contributed by atoms with Gasteiger partial charge < -0.3 is 10.2 Å². The lowest BCUT2D eigenvalue weighted by molar-refractivity contribution is -0.746. The van der Waals surface area contributed by atoms with Gasteiger partial charge in [-0.25, -0.2) is 4.79 Å². The van der Waals surface area contributed by atoms with Crippen LogP contribution in [0.4, 0.5) is 0 Å². The summed E-state index contributed by atoms with van der Waals surface area (Å²) in [6.07, 6.45) is 0. The molecule has 2 rings (SSSR count). The summed E-state index contributed by atoms with van der Waals surface area (Å²) in [5, 5.41) is 21.1. The van der Waals surface area contributed by atoms with Crippen LogP contribution in [0.1, 0.15) is 18.7 Å². The van der Waals surface area contributed by atoms with Gasteiger partial charge in [0.25, 0.3) is 6.04 Å². The number of aryl methyl sites for hydroxylation is 1. The first-order valence-corrected chi connectivity index (χ1v) is 5.52. The average Bonchev–Trinajstić information content (AvgIpc) is 2.50. The van der Waals surface area contributed by atoms with Crippen molar-refractivity contribution in [1.29, 1.82) is 0 Å². The molecule has 0 saturated heterocycles. The van der Waals surface area contributed by atoms with Gasteiger partial charge in [-0.3, -0.25) is 0 Å². The summed E-state index contributed by atoms with van der Waals surface area (Å²) in [6.45, 7) is 3.65. The van der Waals surface area contributed by atoms with E-state index >= 15 is 0 Å². The predicted octanol–water partition coefficient (Wildman–Crippen LogP) is 0.476. The Balaban J connectivity index is 2.62. The van der Waals surface area contributed by atoms with Crippen molar-refractivity contribution < 1.29 is 19.6 Å². The molecule has 0 bridgehead atoms. The molecule has 0 saturated carbocycles. The van der Waals surface area contributed by atoms with Crippen LogP contribution in [0.2, 0.25) is 0 Å². The number of rotatable bonds is 1. The summed E-state index contributed by atoms with van der Waals surface area (Å²) >= 11 is 1.34. The van der Waals surface area contributed by atoms with Crippen molar-refractivity contribution in [3.05, 3.63) is 17.8 Å². The lowest BCUT2D eigenvalue weighted by Gasteiger charge is -2.09. The monoisotopic (exact) mass is 225 g/mol. The van der Waals surface area contributed by atoms with Crippen LogP contribution in [0.25, 0.3) is 0 Å². The highest BCUT2D eigenvalue weighted by molar-refractivity contribution is 8.00. The van der Waals surface area contributed by atoms with E-state index in [1.54, 1.807) is 10.6 Å². The van der Waals surface area contributed by atoms with E-state index in [1.807, 2.05) is 13.8 Å². The molecule has 0 spiro atoms. The standard InChI is InChI=1S/C10H11NO3S/c1-5-3-4-7(12)9-11(5)8(10(13)14)6(2)15-9/h3-4,6,8H,1-2H3,(H-,12,13,14). The van der Waals surface area contributed by atoms with Gasteiger partial charge in [-0.15, -0.1) is 0 Å². The summed E-state index contributed by atoms with van der Waals surface area (Å²) in [6, 6.07) is 2.53. The van der Waals surface area contributed by atoms with Crippen LogP contribution in [-0.4, -0.2) is 16.3 Å². The fourth-order valence-electron chi connectivity index (χ4n) is 1.85. The molecule has 1 aromatic rings. The van der Waals surface area contributed by atoms with Crippen LogP contribution in [0.15, 0.2) is 17.2 Å². The molecule has 80 valence electrons. The Morgan fingerprint density at radius 2 is 2.27 bits per heavy atom. The van der Waals surface area contributed by atoms with Crippen molar-refractivity contribution in [2.75, 3.05) is 0 Å². The molecule has 1 N–H and O–H groups in total. The number of carboxylic acids is 1. The van der Waals surface area contributed by atoms with Gasteiger partial charge in [0.2, 0.25) is 5.03 Å². The second kappa shape index (κ2) is 3.41. The summed E-state index contributed by atoms with van der Waals surface area (Å²) in [7, 11) is 0. The number of fused-ring (bicyclic) bond motifs is 1. The highest BCUT2D eigenvalue weighted by Crippen LogP contribution is 2.37. The van der Waals surface area contributed by atoms with E-state index in [4.69, 9.17) is 5.11 Å². The van der Waals surface area contributed by atoms with Crippen LogP contribution < -0.4 is 9.67 Å². The smallest absolute Gasteiger partial charge is 0.374 e. The molecule has 2 unspecified atom stereocenters. The number of hydrogen-bond acceptors (Lipinski definition) is 3. The SMILES string of the molecule is Cc1ccc([O-])c2[n+]1C(C(=O)O)C(C)S2. The molecule has 1 aliphatic rings. The molecule has 0 aromatic carbocycles. The maximum Gasteiger partial charge on any atom is 0.374 e. The number of aromatic nitrogens is 1. The third kappa shape index (κ3) is 1.47. The van der Waals surface area contributed by atoms with E-state index < -0.39 is 12.0 Å². The summed E-state index contributed by atoms with van der Waals surface area (Å²) in [5.74, 6) is -0.978. The van der Waals surface area contributed by atoms with Gasteiger partial charge in [0.15, 0.2) is 5.69 Å². The Labute approximate surface area is 91.6 Å². The Bertz CT molecular complexity index is 433. The van der Waals surface area contributed by atoms with Gasteiger partial charge in [0.05, 0.1) is 5.25 Å². The maximum absolute atomic E-state index is 11.5.